The molecular weight excluding hydrogens is 360 g/mol. The number of nitrogens with zero attached hydrogens (tertiary/aromatic N) is 1. The summed E-state index contributed by atoms with van der Waals surface area (Å²) in [5.41, 5.74) is 5.51. The minimum Gasteiger partial charge on any atom is -0.480 e. The summed E-state index contributed by atoms with van der Waals surface area (Å²) in [6, 6.07) is -4.55. The first-order valence-electron chi connectivity index (χ1n) is 8.75. The maximum Gasteiger partial charge on any atom is 0.326 e. The number of nitrogens with one attached hydrogen (secondary N) is 2. The number of aliphatic hydroxyl groups is 2. The number of rotatable bonds is 9. The lowest BCUT2D eigenvalue weighted by atomic mass is 10.0. The number of likely N-dealkylation sites (tertiary alicyclic amines) is 1. The molecule has 11 heteroatoms. The van der Waals surface area contributed by atoms with Crippen LogP contribution in [0.2, 0.25) is 0 Å². The van der Waals surface area contributed by atoms with Crippen LogP contribution in [0.3, 0.4) is 0 Å². The molecule has 1 rings (SSSR count). The van der Waals surface area contributed by atoms with Crippen molar-refractivity contribution >= 4 is 23.7 Å². The molecule has 4 atom stereocenters. The van der Waals surface area contributed by atoms with E-state index in [4.69, 9.17) is 15.9 Å². The van der Waals surface area contributed by atoms with Crippen molar-refractivity contribution < 1.29 is 34.5 Å². The van der Waals surface area contributed by atoms with Crippen LogP contribution in [-0.4, -0.2) is 87.8 Å². The molecule has 7 N–H and O–H groups in total. The molecule has 1 heterocycles. The van der Waals surface area contributed by atoms with Gasteiger partial charge in [0.2, 0.25) is 17.7 Å². The first-order valence-corrected chi connectivity index (χ1v) is 8.75. The molecule has 3 amide bonds. The van der Waals surface area contributed by atoms with Gasteiger partial charge >= 0.3 is 5.97 Å². The third-order valence-corrected chi connectivity index (χ3v) is 4.40. The molecule has 0 saturated carbocycles. The summed E-state index contributed by atoms with van der Waals surface area (Å²) in [5, 5.41) is 32.2. The summed E-state index contributed by atoms with van der Waals surface area (Å²) in [7, 11) is 0. The SMILES string of the molecule is CC(C)C(NC(=O)C(CO)NC(=O)C1CCCN1C(=O)C(N)CO)C(=O)O. The van der Waals surface area contributed by atoms with Gasteiger partial charge in [-0.05, 0) is 18.8 Å². The zero-order valence-electron chi connectivity index (χ0n) is 15.4. The zero-order valence-corrected chi connectivity index (χ0v) is 15.4. The summed E-state index contributed by atoms with van der Waals surface area (Å²) in [6.07, 6.45) is 0.894. The third-order valence-electron chi connectivity index (χ3n) is 4.40. The molecule has 0 aromatic rings. The van der Waals surface area contributed by atoms with Crippen molar-refractivity contribution in [3.8, 4) is 0 Å². The molecule has 0 aliphatic carbocycles. The number of carboxylic acid groups (broad SMARTS) is 1. The Morgan fingerprint density at radius 2 is 1.78 bits per heavy atom. The predicted octanol–water partition coefficient (Wildman–Crippen LogP) is -3.00. The second-order valence-corrected chi connectivity index (χ2v) is 6.79. The van der Waals surface area contributed by atoms with Crippen molar-refractivity contribution in [3.63, 3.8) is 0 Å². The van der Waals surface area contributed by atoms with E-state index < -0.39 is 67.0 Å². The zero-order chi connectivity index (χ0) is 20.7. The van der Waals surface area contributed by atoms with Gasteiger partial charge < -0.3 is 36.6 Å². The number of hydrogen-bond donors (Lipinski definition) is 6. The summed E-state index contributed by atoms with van der Waals surface area (Å²) in [5.74, 6) is -3.70. The van der Waals surface area contributed by atoms with Gasteiger partial charge in [-0.2, -0.15) is 0 Å². The van der Waals surface area contributed by atoms with E-state index in [2.05, 4.69) is 10.6 Å². The van der Waals surface area contributed by atoms with Crippen LogP contribution in [0.25, 0.3) is 0 Å². The number of carbonyl (C=O) groups is 4. The van der Waals surface area contributed by atoms with Gasteiger partial charge in [0.25, 0.3) is 0 Å². The Morgan fingerprint density at radius 1 is 1.15 bits per heavy atom. The predicted molar refractivity (Wildman–Crippen MR) is 93.2 cm³/mol. The monoisotopic (exact) mass is 388 g/mol. The molecule has 0 aromatic carbocycles. The van der Waals surface area contributed by atoms with Crippen LogP contribution in [0.5, 0.6) is 0 Å². The van der Waals surface area contributed by atoms with Gasteiger partial charge in [-0.15, -0.1) is 0 Å². The molecule has 0 bridgehead atoms. The summed E-state index contributed by atoms with van der Waals surface area (Å²) < 4.78 is 0. The Balaban J connectivity index is 2.78. The number of hydrogen-bond acceptors (Lipinski definition) is 7. The molecule has 0 aromatic heterocycles. The van der Waals surface area contributed by atoms with E-state index >= 15 is 0 Å². The Morgan fingerprint density at radius 3 is 2.26 bits per heavy atom. The summed E-state index contributed by atoms with van der Waals surface area (Å²) in [6.45, 7) is 2.21. The second kappa shape index (κ2) is 10.2. The van der Waals surface area contributed by atoms with E-state index in [1.165, 1.54) is 4.90 Å². The first-order chi connectivity index (χ1) is 12.6. The fraction of sp³-hybridized carbons (Fsp3) is 0.750. The lowest BCUT2D eigenvalue weighted by molar-refractivity contribution is -0.144. The van der Waals surface area contributed by atoms with Crippen LogP contribution in [0.4, 0.5) is 0 Å². The number of carbonyl (C=O) groups excluding carboxylic acids is 3. The van der Waals surface area contributed by atoms with E-state index in [1.54, 1.807) is 13.8 Å². The quantitative estimate of drug-likeness (QED) is 0.241. The maximum atomic E-state index is 12.5. The highest BCUT2D eigenvalue weighted by molar-refractivity contribution is 5.94. The Hall–Kier alpha value is -2.24. The van der Waals surface area contributed by atoms with E-state index in [1.807, 2.05) is 0 Å². The molecule has 4 unspecified atom stereocenters. The number of nitrogens with two attached hydrogens (primary N) is 1. The molecule has 1 fully saturated rings. The minimum absolute atomic E-state index is 0.287. The summed E-state index contributed by atoms with van der Waals surface area (Å²) >= 11 is 0. The Bertz CT molecular complexity index is 569. The average molecular weight is 388 g/mol. The normalized spacial score (nSPS) is 20.1. The van der Waals surface area contributed by atoms with Crippen LogP contribution in [0.15, 0.2) is 0 Å². The number of aliphatic hydroxyl groups excluding tert-OH is 2. The fourth-order valence-corrected chi connectivity index (χ4v) is 2.82. The highest BCUT2D eigenvalue weighted by Crippen LogP contribution is 2.18. The molecule has 1 aliphatic heterocycles. The number of aliphatic carboxylic acids is 1. The van der Waals surface area contributed by atoms with E-state index in [9.17, 15) is 24.3 Å². The highest BCUT2D eigenvalue weighted by Gasteiger charge is 2.37. The summed E-state index contributed by atoms with van der Waals surface area (Å²) in [4.78, 5) is 49.3. The molecule has 1 saturated heterocycles. The average Bonchev–Trinajstić information content (AvgIpc) is 3.11. The van der Waals surface area contributed by atoms with Gasteiger partial charge in [-0.3, -0.25) is 14.4 Å². The van der Waals surface area contributed by atoms with Gasteiger partial charge in [-0.25, -0.2) is 4.79 Å². The molecule has 11 nitrogen and oxygen atoms in total. The van der Waals surface area contributed by atoms with Crippen LogP contribution in [0.1, 0.15) is 26.7 Å². The highest BCUT2D eigenvalue weighted by atomic mass is 16.4. The first kappa shape index (κ1) is 22.8. The van der Waals surface area contributed by atoms with Crippen LogP contribution >= 0.6 is 0 Å². The fourth-order valence-electron chi connectivity index (χ4n) is 2.82. The maximum absolute atomic E-state index is 12.5. The molecule has 0 radical (unpaired) electrons. The van der Waals surface area contributed by atoms with E-state index in [0.717, 1.165) is 0 Å². The smallest absolute Gasteiger partial charge is 0.326 e. The van der Waals surface area contributed by atoms with Crippen LogP contribution in [-0.2, 0) is 19.2 Å². The van der Waals surface area contributed by atoms with E-state index in [-0.39, 0.29) is 6.54 Å². The van der Waals surface area contributed by atoms with Crippen molar-refractivity contribution in [2.75, 3.05) is 19.8 Å². The molecular formula is C16H28N4O7. The lowest BCUT2D eigenvalue weighted by Crippen LogP contribution is -2.58. The van der Waals surface area contributed by atoms with Gasteiger partial charge in [0.1, 0.15) is 24.2 Å². The van der Waals surface area contributed by atoms with Crippen molar-refractivity contribution in [2.24, 2.45) is 11.7 Å². The van der Waals surface area contributed by atoms with Gasteiger partial charge in [0.15, 0.2) is 0 Å². The second-order valence-electron chi connectivity index (χ2n) is 6.79. The third kappa shape index (κ3) is 5.88. The van der Waals surface area contributed by atoms with Gasteiger partial charge in [0, 0.05) is 6.54 Å². The van der Waals surface area contributed by atoms with Crippen molar-refractivity contribution in [1.82, 2.24) is 15.5 Å². The Kier molecular flexibility index (Phi) is 8.60. The van der Waals surface area contributed by atoms with Crippen LogP contribution in [0, 0.1) is 5.92 Å². The molecule has 0 spiro atoms. The number of carboxylic acids is 1. The largest absolute Gasteiger partial charge is 0.480 e. The van der Waals surface area contributed by atoms with Crippen molar-refractivity contribution in [1.29, 1.82) is 0 Å². The minimum atomic E-state index is -1.36. The molecule has 1 aliphatic rings. The number of amides is 3. The standard InChI is InChI=1S/C16H28N4O7/c1-8(2)12(16(26)27)19-13(23)10(7-22)18-14(24)11-4-3-5-20(11)15(25)9(17)6-21/h8-12,21-22H,3-7,17H2,1-2H3,(H,18,24)(H,19,23)(H,26,27). The Labute approximate surface area is 156 Å². The van der Waals surface area contributed by atoms with E-state index in [0.29, 0.717) is 12.8 Å². The van der Waals surface area contributed by atoms with Crippen molar-refractivity contribution in [2.45, 2.75) is 50.9 Å². The van der Waals surface area contributed by atoms with Crippen LogP contribution < -0.4 is 16.4 Å². The van der Waals surface area contributed by atoms with Gasteiger partial charge in [0.05, 0.1) is 13.2 Å². The molecule has 27 heavy (non-hydrogen) atoms. The van der Waals surface area contributed by atoms with Gasteiger partial charge in [-0.1, -0.05) is 13.8 Å². The molecule has 154 valence electrons. The van der Waals surface area contributed by atoms with Crippen molar-refractivity contribution in [3.05, 3.63) is 0 Å². The topological polar surface area (TPSA) is 182 Å². The lowest BCUT2D eigenvalue weighted by Gasteiger charge is -2.28.